The summed E-state index contributed by atoms with van der Waals surface area (Å²) in [6, 6.07) is 0.985. The number of aromatic nitrogens is 1. The van der Waals surface area contributed by atoms with Gasteiger partial charge in [-0.3, -0.25) is 0 Å². The summed E-state index contributed by atoms with van der Waals surface area (Å²) in [6.45, 7) is -1.51. The summed E-state index contributed by atoms with van der Waals surface area (Å²) in [4.78, 5) is 3.37. The Labute approximate surface area is 82.9 Å². The first-order valence-electron chi connectivity index (χ1n) is 3.96. The van der Waals surface area contributed by atoms with Crippen molar-refractivity contribution < 1.29 is 22.3 Å². The van der Waals surface area contributed by atoms with Crippen LogP contribution < -0.4 is 10.5 Å². The van der Waals surface area contributed by atoms with E-state index in [1.54, 1.807) is 0 Å². The van der Waals surface area contributed by atoms with Gasteiger partial charge in [-0.2, -0.15) is 13.2 Å². The molecule has 0 spiro atoms. The summed E-state index contributed by atoms with van der Waals surface area (Å²) < 4.78 is 52.3. The van der Waals surface area contributed by atoms with Crippen molar-refractivity contribution in [2.24, 2.45) is 5.73 Å². The molecule has 7 heteroatoms. The van der Waals surface area contributed by atoms with Gasteiger partial charge in [0.05, 0.1) is 0 Å². The monoisotopic (exact) mass is 224 g/mol. The van der Waals surface area contributed by atoms with Gasteiger partial charge in [-0.05, 0) is 11.6 Å². The van der Waals surface area contributed by atoms with E-state index in [1.165, 1.54) is 0 Å². The molecule has 0 atom stereocenters. The Hall–Kier alpha value is -1.37. The van der Waals surface area contributed by atoms with E-state index in [0.717, 1.165) is 12.3 Å². The Morgan fingerprint density at radius 3 is 2.53 bits per heavy atom. The van der Waals surface area contributed by atoms with Gasteiger partial charge in [-0.15, -0.1) is 0 Å². The van der Waals surface area contributed by atoms with E-state index in [-0.39, 0.29) is 6.54 Å². The van der Waals surface area contributed by atoms with Crippen LogP contribution in [-0.2, 0) is 6.54 Å². The minimum Gasteiger partial charge on any atom is -0.466 e. The largest absolute Gasteiger partial charge is 0.466 e. The van der Waals surface area contributed by atoms with Crippen LogP contribution in [0.2, 0.25) is 0 Å². The summed E-state index contributed by atoms with van der Waals surface area (Å²) in [5, 5.41) is 0. The Kier molecular flexibility index (Phi) is 3.46. The predicted molar refractivity (Wildman–Crippen MR) is 43.6 cm³/mol. The molecular formula is C8H8F4N2O. The van der Waals surface area contributed by atoms with Crippen molar-refractivity contribution in [2.75, 3.05) is 6.61 Å². The number of hydrogen-bond donors (Lipinski definition) is 1. The van der Waals surface area contributed by atoms with Crippen molar-refractivity contribution in [3.63, 3.8) is 0 Å². The molecule has 0 aliphatic rings. The average Bonchev–Trinajstić information content (AvgIpc) is 2.14. The fourth-order valence-corrected chi connectivity index (χ4v) is 0.833. The number of nitrogens with zero attached hydrogens (tertiary/aromatic N) is 1. The average molecular weight is 224 g/mol. The molecule has 1 aromatic heterocycles. The van der Waals surface area contributed by atoms with Crippen molar-refractivity contribution in [1.82, 2.24) is 4.98 Å². The first-order valence-corrected chi connectivity index (χ1v) is 3.96. The van der Waals surface area contributed by atoms with Gasteiger partial charge >= 0.3 is 6.18 Å². The first-order chi connectivity index (χ1) is 6.92. The quantitative estimate of drug-likeness (QED) is 0.793. The summed E-state index contributed by atoms with van der Waals surface area (Å²) in [6.07, 6.45) is -3.35. The van der Waals surface area contributed by atoms with Crippen molar-refractivity contribution in [2.45, 2.75) is 12.7 Å². The van der Waals surface area contributed by atoms with Crippen LogP contribution in [0.4, 0.5) is 17.6 Å². The zero-order chi connectivity index (χ0) is 11.5. The topological polar surface area (TPSA) is 48.1 Å². The van der Waals surface area contributed by atoms with Crippen molar-refractivity contribution in [3.05, 3.63) is 23.6 Å². The third-order valence-corrected chi connectivity index (χ3v) is 1.47. The van der Waals surface area contributed by atoms with E-state index < -0.39 is 24.5 Å². The molecule has 0 bridgehead atoms. The highest BCUT2D eigenvalue weighted by Gasteiger charge is 2.29. The van der Waals surface area contributed by atoms with Crippen molar-refractivity contribution in [1.29, 1.82) is 0 Å². The number of hydrogen-bond acceptors (Lipinski definition) is 3. The van der Waals surface area contributed by atoms with E-state index in [0.29, 0.717) is 5.56 Å². The molecule has 0 aromatic carbocycles. The highest BCUT2D eigenvalue weighted by atomic mass is 19.4. The summed E-state index contributed by atoms with van der Waals surface area (Å²) >= 11 is 0. The van der Waals surface area contributed by atoms with Crippen molar-refractivity contribution in [3.8, 4) is 5.88 Å². The van der Waals surface area contributed by atoms with Gasteiger partial charge in [0.15, 0.2) is 12.4 Å². The standard InChI is InChI=1S/C8H8F4N2O/c9-6-1-5(2-13)3-14-7(6)15-4-8(10,11)12/h1,3H,2,4,13H2. The van der Waals surface area contributed by atoms with Crippen LogP contribution in [0, 0.1) is 5.82 Å². The third kappa shape index (κ3) is 3.70. The van der Waals surface area contributed by atoms with Crippen molar-refractivity contribution >= 4 is 0 Å². The molecule has 3 nitrogen and oxygen atoms in total. The number of ether oxygens (including phenoxy) is 1. The molecule has 0 saturated heterocycles. The molecule has 1 aromatic rings. The van der Waals surface area contributed by atoms with Gasteiger partial charge in [0.25, 0.3) is 5.88 Å². The van der Waals surface area contributed by atoms with Crippen LogP contribution in [0.3, 0.4) is 0 Å². The minimum absolute atomic E-state index is 0.0590. The van der Waals surface area contributed by atoms with Gasteiger partial charge in [0, 0.05) is 12.7 Å². The summed E-state index contributed by atoms with van der Waals surface area (Å²) in [5.41, 5.74) is 5.57. The van der Waals surface area contributed by atoms with E-state index in [4.69, 9.17) is 5.73 Å². The maximum Gasteiger partial charge on any atom is 0.422 e. The van der Waals surface area contributed by atoms with Gasteiger partial charge < -0.3 is 10.5 Å². The molecule has 2 N–H and O–H groups in total. The molecule has 0 radical (unpaired) electrons. The van der Waals surface area contributed by atoms with Crippen LogP contribution >= 0.6 is 0 Å². The molecule has 84 valence electrons. The Bertz CT molecular complexity index is 340. The first kappa shape index (κ1) is 11.7. The van der Waals surface area contributed by atoms with Gasteiger partial charge in [0.1, 0.15) is 0 Å². The number of pyridine rings is 1. The van der Waals surface area contributed by atoms with E-state index >= 15 is 0 Å². The normalized spacial score (nSPS) is 11.5. The molecule has 1 heterocycles. The summed E-state index contributed by atoms with van der Waals surface area (Å²) in [5.74, 6) is -1.63. The lowest BCUT2D eigenvalue weighted by Gasteiger charge is -2.09. The SMILES string of the molecule is NCc1cnc(OCC(F)(F)F)c(F)c1. The van der Waals surface area contributed by atoms with Gasteiger partial charge in [-0.25, -0.2) is 9.37 Å². The molecule has 0 fully saturated rings. The minimum atomic E-state index is -4.51. The highest BCUT2D eigenvalue weighted by Crippen LogP contribution is 2.19. The zero-order valence-electron chi connectivity index (χ0n) is 7.51. The smallest absolute Gasteiger partial charge is 0.422 e. The molecule has 0 amide bonds. The van der Waals surface area contributed by atoms with Gasteiger partial charge in [0.2, 0.25) is 0 Å². The van der Waals surface area contributed by atoms with E-state index in [1.807, 2.05) is 0 Å². The fraction of sp³-hybridized carbons (Fsp3) is 0.375. The number of rotatable bonds is 3. The van der Waals surface area contributed by atoms with Crippen LogP contribution in [-0.4, -0.2) is 17.8 Å². The maximum atomic E-state index is 13.0. The number of nitrogens with two attached hydrogens (primary N) is 1. The molecule has 1 rings (SSSR count). The second-order valence-corrected chi connectivity index (χ2v) is 2.74. The highest BCUT2D eigenvalue weighted by molar-refractivity contribution is 5.20. The van der Waals surface area contributed by atoms with Gasteiger partial charge in [-0.1, -0.05) is 0 Å². The third-order valence-electron chi connectivity index (χ3n) is 1.47. The molecule has 15 heavy (non-hydrogen) atoms. The van der Waals surface area contributed by atoms with Crippen LogP contribution in [0.15, 0.2) is 12.3 Å². The number of alkyl halides is 3. The lowest BCUT2D eigenvalue weighted by atomic mass is 10.3. The molecule has 0 aliphatic heterocycles. The predicted octanol–water partition coefficient (Wildman–Crippen LogP) is 1.62. The van der Waals surface area contributed by atoms with Crippen LogP contribution in [0.5, 0.6) is 5.88 Å². The Morgan fingerprint density at radius 2 is 2.07 bits per heavy atom. The van der Waals surface area contributed by atoms with E-state index in [2.05, 4.69) is 9.72 Å². The van der Waals surface area contributed by atoms with Crippen LogP contribution in [0.25, 0.3) is 0 Å². The lowest BCUT2D eigenvalue weighted by Crippen LogP contribution is -2.20. The Morgan fingerprint density at radius 1 is 1.40 bits per heavy atom. The molecular weight excluding hydrogens is 216 g/mol. The molecule has 0 unspecified atom stereocenters. The molecule has 0 aliphatic carbocycles. The summed E-state index contributed by atoms with van der Waals surface area (Å²) in [7, 11) is 0. The fourth-order valence-electron chi connectivity index (χ4n) is 0.833. The second-order valence-electron chi connectivity index (χ2n) is 2.74. The van der Waals surface area contributed by atoms with E-state index in [9.17, 15) is 17.6 Å². The second kappa shape index (κ2) is 4.43. The zero-order valence-corrected chi connectivity index (χ0v) is 7.51. The lowest BCUT2D eigenvalue weighted by molar-refractivity contribution is -0.154. The maximum absolute atomic E-state index is 13.0. The van der Waals surface area contributed by atoms with Crippen LogP contribution in [0.1, 0.15) is 5.56 Å². The molecule has 0 saturated carbocycles. The Balaban J connectivity index is 2.70. The number of halogens is 4.